The van der Waals surface area contributed by atoms with Crippen molar-refractivity contribution in [2.24, 2.45) is 17.1 Å². The summed E-state index contributed by atoms with van der Waals surface area (Å²) in [4.78, 5) is 20.9. The Morgan fingerprint density at radius 1 is 1.05 bits per heavy atom. The molecular formula is C47H49ClFN5O6S. The molecule has 2 aromatic heterocycles. The lowest BCUT2D eigenvalue weighted by molar-refractivity contribution is 0.0490. The number of amides is 1. The topological polar surface area (TPSA) is 129 Å². The second-order valence-electron chi connectivity index (χ2n) is 16.8. The number of hydrogen-bond acceptors (Lipinski definition) is 9. The lowest BCUT2D eigenvalue weighted by Crippen LogP contribution is -2.47. The molecule has 1 amide bonds. The third-order valence-corrected chi connectivity index (χ3v) is 13.9. The largest absolute Gasteiger partial charge is 0.476 e. The van der Waals surface area contributed by atoms with E-state index in [1.165, 1.54) is 53.4 Å². The van der Waals surface area contributed by atoms with Crippen molar-refractivity contribution in [3.05, 3.63) is 112 Å². The van der Waals surface area contributed by atoms with Crippen molar-refractivity contribution in [2.45, 2.75) is 50.8 Å². The maximum Gasteiger partial charge on any atom is 0.269 e. The van der Waals surface area contributed by atoms with Crippen molar-refractivity contribution in [1.82, 2.24) is 13.9 Å². The van der Waals surface area contributed by atoms with Gasteiger partial charge in [-0.05, 0) is 91.0 Å². The quantitative estimate of drug-likeness (QED) is 0.123. The summed E-state index contributed by atoms with van der Waals surface area (Å²) in [6.07, 6.45) is 13.4. The van der Waals surface area contributed by atoms with Gasteiger partial charge >= 0.3 is 0 Å². The highest BCUT2D eigenvalue weighted by Crippen LogP contribution is 2.44. The molecule has 4 heterocycles. The van der Waals surface area contributed by atoms with Crippen LogP contribution in [0.3, 0.4) is 0 Å². The molecule has 2 saturated heterocycles. The molecule has 14 heteroatoms. The highest BCUT2D eigenvalue weighted by Gasteiger charge is 2.31. The van der Waals surface area contributed by atoms with E-state index >= 15 is 4.39 Å². The van der Waals surface area contributed by atoms with Gasteiger partial charge in [-0.2, -0.15) is 0 Å². The minimum atomic E-state index is -4.38. The Morgan fingerprint density at radius 3 is 2.51 bits per heavy atom. The Morgan fingerprint density at radius 2 is 1.79 bits per heavy atom. The van der Waals surface area contributed by atoms with Crippen LogP contribution in [-0.4, -0.2) is 80.7 Å². The summed E-state index contributed by atoms with van der Waals surface area (Å²) >= 11 is 6.25. The maximum atomic E-state index is 16.1. The van der Waals surface area contributed by atoms with Gasteiger partial charge in [-0.15, -0.1) is 6.42 Å². The van der Waals surface area contributed by atoms with Crippen molar-refractivity contribution in [3.63, 3.8) is 0 Å². The second kappa shape index (κ2) is 17.5. The van der Waals surface area contributed by atoms with Gasteiger partial charge in [-0.25, -0.2) is 21.8 Å². The number of primary amides is 1. The molecule has 11 nitrogen and oxygen atoms in total. The first-order chi connectivity index (χ1) is 29.3. The van der Waals surface area contributed by atoms with Crippen LogP contribution in [0.15, 0.2) is 89.6 Å². The molecule has 8 rings (SSSR count). The van der Waals surface area contributed by atoms with Gasteiger partial charge in [0.05, 0.1) is 35.1 Å². The number of nitrogens with two attached hydrogens (primary N) is 1. The number of terminal acetylenes is 1. The molecule has 3 aromatic carbocycles. The van der Waals surface area contributed by atoms with E-state index in [-0.39, 0.29) is 50.3 Å². The number of carbonyl (C=O) groups is 1. The molecule has 2 fully saturated rings. The van der Waals surface area contributed by atoms with E-state index in [1.807, 2.05) is 12.1 Å². The predicted octanol–water partition coefficient (Wildman–Crippen LogP) is 8.53. The number of ether oxygens (including phenoxy) is 3. The van der Waals surface area contributed by atoms with Crippen LogP contribution < -0.4 is 20.1 Å². The lowest BCUT2D eigenvalue weighted by atomic mass is 9.72. The first-order valence-electron chi connectivity index (χ1n) is 20.6. The van der Waals surface area contributed by atoms with Gasteiger partial charge in [0.15, 0.2) is 11.6 Å². The molecule has 2 aliphatic heterocycles. The number of pyridine rings is 1. The fraction of sp³-hybridized carbons (Fsp3) is 0.362. The molecule has 0 unspecified atom stereocenters. The van der Waals surface area contributed by atoms with Crippen LogP contribution in [0, 0.1) is 29.5 Å². The van der Waals surface area contributed by atoms with Gasteiger partial charge < -0.3 is 24.8 Å². The van der Waals surface area contributed by atoms with E-state index in [2.05, 4.69) is 46.7 Å². The molecule has 318 valence electrons. The summed E-state index contributed by atoms with van der Waals surface area (Å²) in [5.74, 6) is 1.27. The molecule has 0 spiro atoms. The van der Waals surface area contributed by atoms with Crippen molar-refractivity contribution < 1.29 is 31.8 Å². The Hall–Kier alpha value is -5.39. The Labute approximate surface area is 361 Å². The van der Waals surface area contributed by atoms with E-state index in [9.17, 15) is 13.2 Å². The number of anilines is 1. The highest BCUT2D eigenvalue weighted by molar-refractivity contribution is 7.90. The van der Waals surface area contributed by atoms with Crippen LogP contribution in [0.25, 0.3) is 16.5 Å². The van der Waals surface area contributed by atoms with E-state index in [0.717, 1.165) is 48.7 Å². The number of allylic oxidation sites excluding steroid dienone is 1. The van der Waals surface area contributed by atoms with Gasteiger partial charge in [-0.1, -0.05) is 61.2 Å². The van der Waals surface area contributed by atoms with E-state index in [1.54, 1.807) is 12.1 Å². The average molecular weight is 866 g/mol. The number of fused-ring (bicyclic) bond motifs is 1. The van der Waals surface area contributed by atoms with Crippen molar-refractivity contribution >= 4 is 49.7 Å². The first-order valence-corrected chi connectivity index (χ1v) is 22.4. The molecule has 2 N–H and O–H groups in total. The maximum absolute atomic E-state index is 16.1. The number of hydrogen-bond donors (Lipinski definition) is 1. The molecule has 61 heavy (non-hydrogen) atoms. The van der Waals surface area contributed by atoms with Crippen LogP contribution in [0.4, 0.5) is 10.1 Å². The van der Waals surface area contributed by atoms with Crippen LogP contribution >= 0.6 is 11.6 Å². The number of halogens is 2. The Kier molecular flexibility index (Phi) is 12.2. The smallest absolute Gasteiger partial charge is 0.269 e. The zero-order valence-corrected chi connectivity index (χ0v) is 35.9. The van der Waals surface area contributed by atoms with Crippen molar-refractivity contribution in [2.75, 3.05) is 57.4 Å². The van der Waals surface area contributed by atoms with Crippen LogP contribution in [0.1, 0.15) is 67.4 Å². The van der Waals surface area contributed by atoms with Crippen molar-refractivity contribution in [1.29, 1.82) is 0 Å². The van der Waals surface area contributed by atoms with Gasteiger partial charge in [0.25, 0.3) is 15.9 Å². The molecule has 0 bridgehead atoms. The monoisotopic (exact) mass is 865 g/mol. The number of nitrogens with zero attached hydrogens (tertiary/aromatic N) is 4. The van der Waals surface area contributed by atoms with Gasteiger partial charge in [-0.3, -0.25) is 9.69 Å². The summed E-state index contributed by atoms with van der Waals surface area (Å²) in [5, 5.41) is 1.15. The summed E-state index contributed by atoms with van der Waals surface area (Å²) in [5.41, 5.74) is 10.7. The fourth-order valence-electron chi connectivity index (χ4n) is 8.48. The van der Waals surface area contributed by atoms with E-state index < -0.39 is 21.7 Å². The Bertz CT molecular complexity index is 2640. The predicted molar refractivity (Wildman–Crippen MR) is 235 cm³/mol. The molecule has 5 aromatic rings. The fourth-order valence-corrected chi connectivity index (χ4v) is 9.94. The van der Waals surface area contributed by atoms with Crippen LogP contribution in [0.5, 0.6) is 17.4 Å². The number of aromatic nitrogens is 2. The average Bonchev–Trinajstić information content (AvgIpc) is 3.63. The second-order valence-corrected chi connectivity index (χ2v) is 19.1. The zero-order chi connectivity index (χ0) is 42.9. The van der Waals surface area contributed by atoms with E-state index in [0.29, 0.717) is 62.1 Å². The number of rotatable bonds is 12. The summed E-state index contributed by atoms with van der Waals surface area (Å²) in [6.45, 7) is 9.71. The van der Waals surface area contributed by atoms with Crippen molar-refractivity contribution in [3.8, 4) is 29.7 Å². The molecule has 3 aliphatic rings. The molecule has 1 aliphatic carbocycles. The SMILES string of the molecule is C#Cc1cc(S(=O)(=O)n2cc(N3CCN(CC4=C(c5ccc(Cl)cc5)CC(C)(C)CC4)CC3)c3cc(Oc4ccccc4C(N)=O)c(F)cc32)cnc1OCC1CCOCC1. The third kappa shape index (κ3) is 9.14. The minimum Gasteiger partial charge on any atom is -0.476 e. The normalized spacial score (nSPS) is 17.7. The zero-order valence-electron chi connectivity index (χ0n) is 34.3. The highest BCUT2D eigenvalue weighted by atomic mass is 35.5. The number of carbonyl (C=O) groups excluding carboxylic acids is 1. The summed E-state index contributed by atoms with van der Waals surface area (Å²) < 4.78 is 63.7. The minimum absolute atomic E-state index is 0.0702. The standard InChI is InChI=1S/C47H49ClFN5O6S/c1-4-32-23-36(27-51-46(32)59-30-31-14-21-58-22-15-31)61(56,57)54-29-42(38-24-44(40(49)25-41(38)54)60-43-8-6-5-7-37(43)45(50)55)53-19-17-52(18-20-53)28-34-13-16-47(2,3)26-39(34)33-9-11-35(48)12-10-33/h1,5-12,23-25,27,29,31H,13-22,26,28,30H2,2-3H3,(H2,50,55). The molecule has 0 saturated carbocycles. The Balaban J connectivity index is 1.11. The van der Waals surface area contributed by atoms with E-state index in [4.69, 9.17) is 38.0 Å². The van der Waals surface area contributed by atoms with Gasteiger partial charge in [0, 0.05) is 68.6 Å². The number of para-hydroxylation sites is 1. The first kappa shape index (κ1) is 42.3. The van der Waals surface area contributed by atoms with Crippen LogP contribution in [0.2, 0.25) is 5.02 Å². The van der Waals surface area contributed by atoms with Gasteiger partial charge in [0.1, 0.15) is 10.6 Å². The van der Waals surface area contributed by atoms with Gasteiger partial charge in [0.2, 0.25) is 5.88 Å². The van der Waals surface area contributed by atoms with Crippen LogP contribution in [-0.2, 0) is 14.8 Å². The number of piperazine rings is 1. The third-order valence-electron chi connectivity index (χ3n) is 12.0. The molecular weight excluding hydrogens is 817 g/mol. The summed E-state index contributed by atoms with van der Waals surface area (Å²) in [6, 6.07) is 18.4. The number of benzene rings is 3. The molecule has 0 atom stereocenters. The molecule has 0 radical (unpaired) electrons. The summed E-state index contributed by atoms with van der Waals surface area (Å²) in [7, 11) is -4.38. The lowest BCUT2D eigenvalue weighted by Gasteiger charge is -2.39.